The Hall–Kier alpha value is -1.11. The van der Waals surface area contributed by atoms with Crippen LogP contribution in [-0.4, -0.2) is 46.9 Å². The largest absolute Gasteiger partial charge is 0.445 e. The molecular weight excluding hydrogens is 358 g/mol. The van der Waals surface area contributed by atoms with Crippen molar-refractivity contribution < 1.29 is 18.7 Å². The number of allylic oxidation sites excluding steroid dienone is 1. The van der Waals surface area contributed by atoms with Crippen LogP contribution in [0.1, 0.15) is 47.5 Å². The molecule has 3 atom stereocenters. The molecular formula is C21H39NO4Si. The van der Waals surface area contributed by atoms with Gasteiger partial charge < -0.3 is 19.2 Å². The molecule has 0 unspecified atom stereocenters. The molecule has 27 heavy (non-hydrogen) atoms. The quantitative estimate of drug-likeness (QED) is 0.535. The lowest BCUT2D eigenvalue weighted by Crippen LogP contribution is -2.49. The summed E-state index contributed by atoms with van der Waals surface area (Å²) in [5.41, 5.74) is 1.01. The average molecular weight is 398 g/mol. The van der Waals surface area contributed by atoms with Gasteiger partial charge in [0.05, 0.1) is 6.10 Å². The molecule has 1 heterocycles. The van der Waals surface area contributed by atoms with Crippen LogP contribution in [-0.2, 0) is 13.9 Å². The molecule has 0 aromatic heterocycles. The van der Waals surface area contributed by atoms with E-state index in [2.05, 4.69) is 64.3 Å². The number of carbonyl (C=O) groups excluding carboxylic acids is 1. The number of ether oxygens (including phenoxy) is 2. The lowest BCUT2D eigenvalue weighted by Gasteiger charge is -2.42. The van der Waals surface area contributed by atoms with Crippen LogP contribution < -0.4 is 5.32 Å². The predicted molar refractivity (Wildman–Crippen MR) is 114 cm³/mol. The van der Waals surface area contributed by atoms with Gasteiger partial charge in [-0.15, -0.1) is 0 Å². The summed E-state index contributed by atoms with van der Waals surface area (Å²) < 4.78 is 17.9. The van der Waals surface area contributed by atoms with Crippen molar-refractivity contribution in [3.05, 3.63) is 23.8 Å². The molecule has 1 aliphatic rings. The number of hydrogen-bond acceptors (Lipinski definition) is 4. The van der Waals surface area contributed by atoms with Crippen LogP contribution in [0.2, 0.25) is 18.1 Å². The van der Waals surface area contributed by atoms with Gasteiger partial charge >= 0.3 is 6.09 Å². The molecule has 6 heteroatoms. The fourth-order valence-electron chi connectivity index (χ4n) is 2.78. The summed E-state index contributed by atoms with van der Waals surface area (Å²) in [6, 6.07) is 0. The van der Waals surface area contributed by atoms with Crippen LogP contribution >= 0.6 is 0 Å². The molecule has 0 saturated carbocycles. The number of hydrogen-bond donors (Lipinski definition) is 1. The second-order valence-corrected chi connectivity index (χ2v) is 13.7. The summed E-state index contributed by atoms with van der Waals surface area (Å²) >= 11 is 0. The van der Waals surface area contributed by atoms with E-state index in [1.165, 1.54) is 0 Å². The Kier molecular flexibility index (Phi) is 9.25. The number of rotatable bonds is 3. The van der Waals surface area contributed by atoms with Crippen LogP contribution in [0.4, 0.5) is 4.79 Å². The number of alkyl carbamates (subject to hydrolysis) is 1. The predicted octanol–water partition coefficient (Wildman–Crippen LogP) is 5.05. The summed E-state index contributed by atoms with van der Waals surface area (Å²) in [7, 11) is -0.229. The number of cyclic esters (lactones) is 1. The van der Waals surface area contributed by atoms with E-state index in [-0.39, 0.29) is 35.9 Å². The number of carbonyl (C=O) groups is 1. The minimum absolute atomic E-state index is 0.0844. The van der Waals surface area contributed by atoms with E-state index in [0.29, 0.717) is 6.54 Å². The minimum atomic E-state index is -1.97. The van der Waals surface area contributed by atoms with E-state index in [9.17, 15) is 4.79 Å². The van der Waals surface area contributed by atoms with Gasteiger partial charge in [0, 0.05) is 19.6 Å². The molecule has 1 rings (SSSR count). The van der Waals surface area contributed by atoms with Crippen LogP contribution in [0, 0.1) is 5.92 Å². The second kappa shape index (κ2) is 10.4. The van der Waals surface area contributed by atoms with Gasteiger partial charge in [-0.25, -0.2) is 4.79 Å². The van der Waals surface area contributed by atoms with E-state index in [4.69, 9.17) is 13.9 Å². The van der Waals surface area contributed by atoms with E-state index in [1.807, 2.05) is 6.92 Å². The zero-order valence-electron chi connectivity index (χ0n) is 18.4. The Balaban J connectivity index is 3.15. The average Bonchev–Trinajstić information content (AvgIpc) is 2.56. The molecule has 1 aliphatic heterocycles. The van der Waals surface area contributed by atoms with Gasteiger partial charge in [-0.3, -0.25) is 0 Å². The first kappa shape index (κ1) is 23.9. The number of methoxy groups -OCH3 is 1. The summed E-state index contributed by atoms with van der Waals surface area (Å²) in [6.45, 7) is 16.3. The molecule has 1 N–H and O–H groups in total. The van der Waals surface area contributed by atoms with Crippen LogP contribution in [0.5, 0.6) is 0 Å². The highest BCUT2D eigenvalue weighted by Crippen LogP contribution is 2.39. The first-order valence-corrected chi connectivity index (χ1v) is 12.8. The van der Waals surface area contributed by atoms with E-state index in [1.54, 1.807) is 7.11 Å². The molecule has 0 bridgehead atoms. The molecule has 156 valence electrons. The third kappa shape index (κ3) is 7.80. The first-order valence-electron chi connectivity index (χ1n) is 9.93. The van der Waals surface area contributed by atoms with Gasteiger partial charge in [0.2, 0.25) is 0 Å². The maximum atomic E-state index is 11.7. The molecule has 0 aromatic carbocycles. The highest BCUT2D eigenvalue weighted by atomic mass is 28.4. The first-order chi connectivity index (χ1) is 12.5. The Labute approximate surface area is 166 Å². The van der Waals surface area contributed by atoms with E-state index in [0.717, 1.165) is 18.4 Å². The molecule has 0 aliphatic carbocycles. The lowest BCUT2D eigenvalue weighted by molar-refractivity contribution is 0.00555. The lowest BCUT2D eigenvalue weighted by atomic mass is 9.96. The van der Waals surface area contributed by atoms with Crippen molar-refractivity contribution in [1.82, 2.24) is 5.32 Å². The van der Waals surface area contributed by atoms with Gasteiger partial charge in [-0.1, -0.05) is 45.9 Å². The highest BCUT2D eigenvalue weighted by Gasteiger charge is 2.41. The molecule has 0 saturated heterocycles. The zero-order valence-corrected chi connectivity index (χ0v) is 19.4. The van der Waals surface area contributed by atoms with Gasteiger partial charge in [0.25, 0.3) is 0 Å². The SMILES string of the molecule is CO[C@H]1/C=C/CCCNC(=O)OC/C(C)=C\[C@@H](C)[C@@H]1O[Si](C)(C)C(C)(C)C. The van der Waals surface area contributed by atoms with Crippen molar-refractivity contribution in [3.8, 4) is 0 Å². The third-order valence-corrected chi connectivity index (χ3v) is 9.95. The maximum absolute atomic E-state index is 11.7. The summed E-state index contributed by atoms with van der Waals surface area (Å²) in [5, 5.41) is 2.90. The van der Waals surface area contributed by atoms with Crippen molar-refractivity contribution >= 4 is 14.4 Å². The zero-order chi connectivity index (χ0) is 20.7. The summed E-state index contributed by atoms with van der Waals surface area (Å²) in [5.74, 6) is 0.128. The normalized spacial score (nSPS) is 29.7. The number of nitrogens with one attached hydrogen (secondary N) is 1. The van der Waals surface area contributed by atoms with Crippen LogP contribution in [0.3, 0.4) is 0 Å². The van der Waals surface area contributed by atoms with Gasteiger partial charge in [0.1, 0.15) is 12.7 Å². The van der Waals surface area contributed by atoms with Crippen LogP contribution in [0.25, 0.3) is 0 Å². The van der Waals surface area contributed by atoms with E-state index >= 15 is 0 Å². The topological polar surface area (TPSA) is 56.8 Å². The molecule has 0 spiro atoms. The third-order valence-electron chi connectivity index (χ3n) is 5.47. The Morgan fingerprint density at radius 2 is 1.96 bits per heavy atom. The van der Waals surface area contributed by atoms with Crippen molar-refractivity contribution in [2.45, 2.75) is 77.8 Å². The summed E-state index contributed by atoms with van der Waals surface area (Å²) in [6.07, 6.45) is 7.54. The molecule has 0 fully saturated rings. The van der Waals surface area contributed by atoms with Crippen LogP contribution in [0.15, 0.2) is 23.8 Å². The number of amides is 1. The highest BCUT2D eigenvalue weighted by molar-refractivity contribution is 6.74. The molecule has 0 radical (unpaired) electrons. The Morgan fingerprint density at radius 1 is 1.30 bits per heavy atom. The van der Waals surface area contributed by atoms with E-state index < -0.39 is 8.32 Å². The standard InChI is InChI=1S/C21H39NO4Si/c1-16-14-17(2)19(26-27(7,8)21(3,4)5)18(24-6)12-10-9-11-13-22-20(23)25-15-16/h10,12,14,17-19H,9,11,13,15H2,1-8H3,(H,22,23)/b12-10+,16-14-/t17-,18+,19+/m1/s1. The second-order valence-electron chi connectivity index (χ2n) is 8.99. The van der Waals surface area contributed by atoms with Gasteiger partial charge in [0.15, 0.2) is 8.32 Å². The maximum Gasteiger partial charge on any atom is 0.407 e. The Morgan fingerprint density at radius 3 is 2.56 bits per heavy atom. The fourth-order valence-corrected chi connectivity index (χ4v) is 4.16. The monoisotopic (exact) mass is 397 g/mol. The van der Waals surface area contributed by atoms with Crippen molar-refractivity contribution in [2.24, 2.45) is 5.92 Å². The van der Waals surface area contributed by atoms with Crippen molar-refractivity contribution in [3.63, 3.8) is 0 Å². The molecule has 5 nitrogen and oxygen atoms in total. The fraction of sp³-hybridized carbons (Fsp3) is 0.762. The smallest absolute Gasteiger partial charge is 0.407 e. The van der Waals surface area contributed by atoms with Crippen molar-refractivity contribution in [2.75, 3.05) is 20.3 Å². The van der Waals surface area contributed by atoms with Gasteiger partial charge in [-0.2, -0.15) is 0 Å². The molecule has 1 amide bonds. The minimum Gasteiger partial charge on any atom is -0.445 e. The van der Waals surface area contributed by atoms with Crippen molar-refractivity contribution in [1.29, 1.82) is 0 Å². The Bertz CT molecular complexity index is 537. The van der Waals surface area contributed by atoms with Gasteiger partial charge in [-0.05, 0) is 43.5 Å². The summed E-state index contributed by atoms with van der Waals surface area (Å²) in [4.78, 5) is 11.7. The molecule has 0 aromatic rings.